The van der Waals surface area contributed by atoms with Crippen LogP contribution in [0.25, 0.3) is 28.0 Å². The summed E-state index contributed by atoms with van der Waals surface area (Å²) in [6.07, 6.45) is 0. The van der Waals surface area contributed by atoms with Crippen molar-refractivity contribution < 1.29 is 9.84 Å². The minimum Gasteiger partial charge on any atom is -0.510 e. The number of hydrogen-bond acceptors (Lipinski definition) is 7. The Morgan fingerprint density at radius 1 is 1.22 bits per heavy atom. The van der Waals surface area contributed by atoms with Crippen LogP contribution in [-0.4, -0.2) is 49.3 Å². The average molecular weight is 467 g/mol. The van der Waals surface area contributed by atoms with Crippen molar-refractivity contribution in [3.8, 4) is 17.5 Å². The van der Waals surface area contributed by atoms with Gasteiger partial charge in [0, 0.05) is 17.7 Å². The molecule has 2 heterocycles. The summed E-state index contributed by atoms with van der Waals surface area (Å²) in [6, 6.07) is 16.8. The molecule has 32 heavy (non-hydrogen) atoms. The Hall–Kier alpha value is -3.32. The summed E-state index contributed by atoms with van der Waals surface area (Å²) in [5.41, 5.74) is 2.48. The van der Waals surface area contributed by atoms with E-state index in [1.165, 1.54) is 11.8 Å². The highest BCUT2D eigenvalue weighted by atomic mass is 35.5. The molecule has 0 radical (unpaired) electrons. The summed E-state index contributed by atoms with van der Waals surface area (Å²) < 4.78 is 7.14. The summed E-state index contributed by atoms with van der Waals surface area (Å²) >= 11 is 7.27. The molecule has 2 N–H and O–H groups in total. The number of hydrogen-bond donors (Lipinski definition) is 2. The second-order valence-corrected chi connectivity index (χ2v) is 8.16. The number of methoxy groups -OCH3 is 1. The van der Waals surface area contributed by atoms with Gasteiger partial charge in [-0.3, -0.25) is 4.57 Å². The van der Waals surface area contributed by atoms with Crippen molar-refractivity contribution in [2.24, 2.45) is 0 Å². The van der Waals surface area contributed by atoms with Crippen LogP contribution >= 0.6 is 23.4 Å². The third-order valence-corrected chi connectivity index (χ3v) is 5.93. The third kappa shape index (κ3) is 4.62. The number of H-pyrrole nitrogens is 1. The number of benzene rings is 2. The maximum absolute atomic E-state index is 10.6. The number of rotatable bonds is 8. The van der Waals surface area contributed by atoms with Gasteiger partial charge in [0.25, 0.3) is 0 Å². The monoisotopic (exact) mass is 466 g/mol. The summed E-state index contributed by atoms with van der Waals surface area (Å²) in [5, 5.41) is 30.1. The van der Waals surface area contributed by atoms with E-state index in [9.17, 15) is 10.4 Å². The van der Waals surface area contributed by atoms with Gasteiger partial charge in [-0.2, -0.15) is 5.26 Å². The predicted octanol–water partition coefficient (Wildman–Crippen LogP) is 4.71. The summed E-state index contributed by atoms with van der Waals surface area (Å²) in [6.45, 7) is 0.999. The number of thioether (sulfide) groups is 1. The lowest BCUT2D eigenvalue weighted by Crippen LogP contribution is -2.08. The van der Waals surface area contributed by atoms with Gasteiger partial charge in [0.05, 0.1) is 29.9 Å². The molecule has 8 nitrogen and oxygen atoms in total. The van der Waals surface area contributed by atoms with Gasteiger partial charge >= 0.3 is 0 Å². The number of para-hydroxylation sites is 2. The van der Waals surface area contributed by atoms with Crippen LogP contribution in [0.1, 0.15) is 5.82 Å². The average Bonchev–Trinajstić information content (AvgIpc) is 3.41. The number of halogens is 1. The number of aliphatic hydroxyl groups excluding tert-OH is 1. The smallest absolute Gasteiger partial charge is 0.192 e. The fourth-order valence-electron chi connectivity index (χ4n) is 3.12. The van der Waals surface area contributed by atoms with Crippen molar-refractivity contribution in [3.05, 3.63) is 65.1 Å². The molecule has 0 saturated carbocycles. The van der Waals surface area contributed by atoms with Crippen LogP contribution < -0.4 is 0 Å². The zero-order valence-corrected chi connectivity index (χ0v) is 18.7. The third-order valence-electron chi connectivity index (χ3n) is 4.70. The van der Waals surface area contributed by atoms with E-state index in [0.29, 0.717) is 35.0 Å². The van der Waals surface area contributed by atoms with Crippen LogP contribution in [0.15, 0.2) is 59.4 Å². The zero-order chi connectivity index (χ0) is 22.5. The molecule has 10 heteroatoms. The van der Waals surface area contributed by atoms with Crippen molar-refractivity contribution in [1.29, 1.82) is 5.26 Å². The van der Waals surface area contributed by atoms with Crippen LogP contribution in [0, 0.1) is 11.3 Å². The first kappa shape index (κ1) is 21.9. The van der Waals surface area contributed by atoms with Gasteiger partial charge in [-0.15, -0.1) is 10.2 Å². The topological polar surface area (TPSA) is 113 Å². The number of aromatic amines is 1. The molecule has 2 aromatic carbocycles. The molecule has 0 aliphatic carbocycles. The maximum atomic E-state index is 10.6. The molecule has 0 fully saturated rings. The lowest BCUT2D eigenvalue weighted by molar-refractivity contribution is 0.185. The molecule has 0 atom stereocenters. The Balaban J connectivity index is 1.60. The van der Waals surface area contributed by atoms with Crippen LogP contribution in [0.5, 0.6) is 0 Å². The normalized spacial score (nSPS) is 12.0. The number of nitrogens with zero attached hydrogens (tertiary/aromatic N) is 5. The number of aliphatic hydroxyl groups is 1. The number of aromatic nitrogens is 5. The number of nitriles is 1. The van der Waals surface area contributed by atoms with E-state index in [0.717, 1.165) is 16.6 Å². The van der Waals surface area contributed by atoms with E-state index in [4.69, 9.17) is 16.3 Å². The van der Waals surface area contributed by atoms with Crippen molar-refractivity contribution >= 4 is 40.0 Å². The van der Waals surface area contributed by atoms with E-state index < -0.39 is 0 Å². The number of nitrogens with one attached hydrogen (secondary N) is 1. The number of ether oxygens (including phenoxy) is 1. The first-order valence-corrected chi connectivity index (χ1v) is 11.0. The van der Waals surface area contributed by atoms with Gasteiger partial charge in [-0.05, 0) is 36.4 Å². The molecule has 0 bridgehead atoms. The molecular formula is C22H19ClN6O2S. The molecule has 2 aromatic heterocycles. The number of fused-ring (bicyclic) bond motifs is 1. The van der Waals surface area contributed by atoms with E-state index in [2.05, 4.69) is 20.2 Å². The molecular weight excluding hydrogens is 448 g/mol. The largest absolute Gasteiger partial charge is 0.510 e. The van der Waals surface area contributed by atoms with E-state index in [1.54, 1.807) is 19.2 Å². The van der Waals surface area contributed by atoms with Gasteiger partial charge in [-0.25, -0.2) is 4.98 Å². The van der Waals surface area contributed by atoms with Crippen LogP contribution in [0.2, 0.25) is 5.02 Å². The van der Waals surface area contributed by atoms with Crippen molar-refractivity contribution in [2.45, 2.75) is 11.7 Å². The lowest BCUT2D eigenvalue weighted by Gasteiger charge is -2.10. The Bertz CT molecular complexity index is 1270. The second kappa shape index (κ2) is 9.87. The Labute approximate surface area is 193 Å². The summed E-state index contributed by atoms with van der Waals surface area (Å²) in [7, 11) is 1.63. The molecule has 162 valence electrons. The highest BCUT2D eigenvalue weighted by molar-refractivity contribution is 7.99. The van der Waals surface area contributed by atoms with Crippen LogP contribution in [0.3, 0.4) is 0 Å². The molecule has 0 aliphatic heterocycles. The second-order valence-electron chi connectivity index (χ2n) is 6.78. The highest BCUT2D eigenvalue weighted by Crippen LogP contribution is 2.27. The Morgan fingerprint density at radius 2 is 2.00 bits per heavy atom. The quantitative estimate of drug-likeness (QED) is 0.220. The van der Waals surface area contributed by atoms with Gasteiger partial charge in [0.15, 0.2) is 16.8 Å². The van der Waals surface area contributed by atoms with E-state index in [-0.39, 0.29) is 17.1 Å². The number of allylic oxidation sites excluding steroid dienone is 1. The fraction of sp³-hybridized carbons (Fsp3) is 0.182. The molecule has 0 spiro atoms. The zero-order valence-electron chi connectivity index (χ0n) is 17.1. The molecule has 0 amide bonds. The van der Waals surface area contributed by atoms with Gasteiger partial charge in [-0.1, -0.05) is 35.5 Å². The van der Waals surface area contributed by atoms with Gasteiger partial charge in [0.2, 0.25) is 0 Å². The fourth-order valence-corrected chi connectivity index (χ4v) is 4.09. The molecule has 4 aromatic rings. The summed E-state index contributed by atoms with van der Waals surface area (Å²) in [4.78, 5) is 7.48. The lowest BCUT2D eigenvalue weighted by atomic mass is 10.2. The predicted molar refractivity (Wildman–Crippen MR) is 124 cm³/mol. The van der Waals surface area contributed by atoms with Gasteiger partial charge < -0.3 is 14.8 Å². The Kier molecular flexibility index (Phi) is 6.75. The standard InChI is InChI=1S/C22H19ClN6O2S/c1-31-11-10-29-21(14-6-8-15(23)9-7-14)27-28-22(29)32-13-19(30)16(12-24)20-25-17-4-2-3-5-18(17)26-20/h2-9,30H,10-11,13H2,1H3,(H,25,26)/b19-16-. The van der Waals surface area contributed by atoms with Crippen molar-refractivity contribution in [2.75, 3.05) is 19.5 Å². The van der Waals surface area contributed by atoms with Crippen LogP contribution in [0.4, 0.5) is 0 Å². The molecule has 0 unspecified atom stereocenters. The Morgan fingerprint density at radius 3 is 2.72 bits per heavy atom. The molecule has 4 rings (SSSR count). The van der Waals surface area contributed by atoms with Crippen molar-refractivity contribution in [3.63, 3.8) is 0 Å². The number of imidazole rings is 1. The SMILES string of the molecule is COCCn1c(SC/C(O)=C(\C#N)c2nc3ccccc3[nH]2)nnc1-c1ccc(Cl)cc1. The first-order valence-electron chi connectivity index (χ1n) is 9.69. The highest BCUT2D eigenvalue weighted by Gasteiger charge is 2.18. The van der Waals surface area contributed by atoms with Crippen molar-refractivity contribution in [1.82, 2.24) is 24.7 Å². The van der Waals surface area contributed by atoms with Gasteiger partial charge in [0.1, 0.15) is 17.4 Å². The molecule has 0 saturated heterocycles. The summed E-state index contributed by atoms with van der Waals surface area (Å²) in [5.74, 6) is 1.04. The van der Waals surface area contributed by atoms with Crippen LogP contribution in [-0.2, 0) is 11.3 Å². The minimum atomic E-state index is -0.0918. The minimum absolute atomic E-state index is 0.0918. The first-order chi connectivity index (χ1) is 15.6. The van der Waals surface area contributed by atoms with E-state index >= 15 is 0 Å². The molecule has 0 aliphatic rings. The maximum Gasteiger partial charge on any atom is 0.192 e. The van der Waals surface area contributed by atoms with E-state index in [1.807, 2.05) is 47.0 Å².